The number of amides is 1. The highest BCUT2D eigenvalue weighted by atomic mass is 16.2. The van der Waals surface area contributed by atoms with Gasteiger partial charge >= 0.3 is 0 Å². The molecule has 0 unspecified atom stereocenters. The molecule has 0 spiro atoms. The van der Waals surface area contributed by atoms with Crippen LogP contribution in [0.25, 0.3) is 0 Å². The number of rotatable bonds is 4. The van der Waals surface area contributed by atoms with Gasteiger partial charge in [-0.1, -0.05) is 6.07 Å². The lowest BCUT2D eigenvalue weighted by Crippen LogP contribution is -2.42. The van der Waals surface area contributed by atoms with Gasteiger partial charge in [0.1, 0.15) is 12.4 Å². The van der Waals surface area contributed by atoms with Gasteiger partial charge in [0.2, 0.25) is 5.91 Å². The monoisotopic (exact) mass is 298 g/mol. The zero-order valence-electron chi connectivity index (χ0n) is 13.0. The molecule has 3 rings (SSSR count). The Morgan fingerprint density at radius 1 is 1.41 bits per heavy atom. The standard InChI is InChI=1S/C17H22N4O/c1-14-19-7-9-20(14)13-17(22)21-8-3-5-16(12-21)10-15-4-2-6-18-11-15/h2,4,6-7,9,11,16H,3,5,8,10,12-13H2,1H3/t16-/m0/s1. The van der Waals surface area contributed by atoms with Crippen molar-refractivity contribution in [1.82, 2.24) is 19.4 Å². The normalized spacial score (nSPS) is 18.4. The first-order valence-electron chi connectivity index (χ1n) is 7.87. The van der Waals surface area contributed by atoms with Gasteiger partial charge in [0.15, 0.2) is 0 Å². The van der Waals surface area contributed by atoms with Crippen LogP contribution < -0.4 is 0 Å². The number of imidazole rings is 1. The summed E-state index contributed by atoms with van der Waals surface area (Å²) in [6.45, 7) is 4.04. The molecule has 5 nitrogen and oxygen atoms in total. The second kappa shape index (κ2) is 6.73. The van der Waals surface area contributed by atoms with Crippen molar-refractivity contribution in [2.45, 2.75) is 32.7 Å². The van der Waals surface area contributed by atoms with Crippen LogP contribution in [0.3, 0.4) is 0 Å². The minimum Gasteiger partial charge on any atom is -0.341 e. The molecule has 2 aromatic heterocycles. The van der Waals surface area contributed by atoms with E-state index in [1.54, 1.807) is 12.4 Å². The van der Waals surface area contributed by atoms with E-state index < -0.39 is 0 Å². The van der Waals surface area contributed by atoms with E-state index in [1.807, 2.05) is 34.9 Å². The number of likely N-dealkylation sites (tertiary alicyclic amines) is 1. The minimum absolute atomic E-state index is 0.192. The fraction of sp³-hybridized carbons (Fsp3) is 0.471. The van der Waals surface area contributed by atoms with Crippen molar-refractivity contribution in [2.75, 3.05) is 13.1 Å². The molecule has 116 valence electrons. The molecule has 0 N–H and O–H groups in total. The predicted molar refractivity (Wildman–Crippen MR) is 84.2 cm³/mol. The van der Waals surface area contributed by atoms with Crippen molar-refractivity contribution in [3.63, 3.8) is 0 Å². The molecule has 0 radical (unpaired) electrons. The van der Waals surface area contributed by atoms with Crippen LogP contribution in [0.5, 0.6) is 0 Å². The zero-order chi connectivity index (χ0) is 15.4. The second-order valence-electron chi connectivity index (χ2n) is 6.02. The lowest BCUT2D eigenvalue weighted by Gasteiger charge is -2.33. The van der Waals surface area contributed by atoms with E-state index in [-0.39, 0.29) is 5.91 Å². The number of aromatic nitrogens is 3. The Kier molecular flexibility index (Phi) is 4.51. The summed E-state index contributed by atoms with van der Waals surface area (Å²) in [4.78, 5) is 22.8. The molecule has 1 saturated heterocycles. The van der Waals surface area contributed by atoms with Crippen molar-refractivity contribution in [3.05, 3.63) is 48.3 Å². The molecule has 22 heavy (non-hydrogen) atoms. The molecule has 0 saturated carbocycles. The van der Waals surface area contributed by atoms with Crippen LogP contribution in [0.1, 0.15) is 24.2 Å². The van der Waals surface area contributed by atoms with E-state index in [0.717, 1.165) is 31.8 Å². The summed E-state index contributed by atoms with van der Waals surface area (Å²) in [5.41, 5.74) is 1.26. The number of carbonyl (C=O) groups is 1. The molecular weight excluding hydrogens is 276 g/mol. The van der Waals surface area contributed by atoms with Crippen LogP contribution in [-0.2, 0) is 17.8 Å². The van der Waals surface area contributed by atoms with Crippen LogP contribution in [-0.4, -0.2) is 38.4 Å². The Bertz CT molecular complexity index is 623. The van der Waals surface area contributed by atoms with Gasteiger partial charge in [-0.2, -0.15) is 0 Å². The van der Waals surface area contributed by atoms with Crippen molar-refractivity contribution >= 4 is 5.91 Å². The second-order valence-corrected chi connectivity index (χ2v) is 6.02. The first-order valence-corrected chi connectivity index (χ1v) is 7.87. The Balaban J connectivity index is 1.58. The highest BCUT2D eigenvalue weighted by Gasteiger charge is 2.24. The maximum absolute atomic E-state index is 12.5. The van der Waals surface area contributed by atoms with Crippen LogP contribution in [0.15, 0.2) is 36.9 Å². The van der Waals surface area contributed by atoms with Gasteiger partial charge < -0.3 is 9.47 Å². The smallest absolute Gasteiger partial charge is 0.242 e. The molecule has 1 amide bonds. The molecule has 1 aliphatic heterocycles. The van der Waals surface area contributed by atoms with E-state index in [1.165, 1.54) is 12.0 Å². The quantitative estimate of drug-likeness (QED) is 0.868. The summed E-state index contributed by atoms with van der Waals surface area (Å²) in [5, 5.41) is 0. The number of piperidine rings is 1. The van der Waals surface area contributed by atoms with Gasteiger partial charge in [-0.05, 0) is 43.7 Å². The molecule has 0 aliphatic carbocycles. The lowest BCUT2D eigenvalue weighted by molar-refractivity contribution is -0.133. The molecule has 5 heteroatoms. The SMILES string of the molecule is Cc1nccn1CC(=O)N1CCC[C@@H](Cc2cccnc2)C1. The van der Waals surface area contributed by atoms with E-state index in [0.29, 0.717) is 12.5 Å². The van der Waals surface area contributed by atoms with Gasteiger partial charge in [-0.3, -0.25) is 9.78 Å². The van der Waals surface area contributed by atoms with Gasteiger partial charge in [-0.25, -0.2) is 4.98 Å². The molecule has 1 aliphatic rings. The number of hydrogen-bond acceptors (Lipinski definition) is 3. The third-order valence-electron chi connectivity index (χ3n) is 4.35. The van der Waals surface area contributed by atoms with Crippen LogP contribution in [0.4, 0.5) is 0 Å². The number of carbonyl (C=O) groups excluding carboxylic acids is 1. The molecule has 1 atom stereocenters. The number of aryl methyl sites for hydroxylation is 1. The van der Waals surface area contributed by atoms with Crippen molar-refractivity contribution in [1.29, 1.82) is 0 Å². The van der Waals surface area contributed by atoms with Gasteiger partial charge in [0, 0.05) is 37.9 Å². The Morgan fingerprint density at radius 2 is 2.32 bits per heavy atom. The zero-order valence-corrected chi connectivity index (χ0v) is 13.0. The highest BCUT2D eigenvalue weighted by molar-refractivity contribution is 5.76. The Morgan fingerprint density at radius 3 is 3.05 bits per heavy atom. The third-order valence-corrected chi connectivity index (χ3v) is 4.35. The first kappa shape index (κ1) is 14.8. The maximum atomic E-state index is 12.5. The molecule has 0 bridgehead atoms. The summed E-state index contributed by atoms with van der Waals surface area (Å²) >= 11 is 0. The van der Waals surface area contributed by atoms with E-state index in [4.69, 9.17) is 0 Å². The largest absolute Gasteiger partial charge is 0.341 e. The lowest BCUT2D eigenvalue weighted by atomic mass is 9.92. The summed E-state index contributed by atoms with van der Waals surface area (Å²) in [5.74, 6) is 1.61. The van der Waals surface area contributed by atoms with Gasteiger partial charge in [0.05, 0.1) is 0 Å². The van der Waals surface area contributed by atoms with E-state index in [2.05, 4.69) is 16.0 Å². The maximum Gasteiger partial charge on any atom is 0.242 e. The predicted octanol–water partition coefficient (Wildman–Crippen LogP) is 2.07. The fourth-order valence-corrected chi connectivity index (χ4v) is 3.13. The fourth-order valence-electron chi connectivity index (χ4n) is 3.13. The number of pyridine rings is 1. The summed E-state index contributed by atoms with van der Waals surface area (Å²) < 4.78 is 1.91. The molecule has 1 fully saturated rings. The van der Waals surface area contributed by atoms with Crippen LogP contribution in [0.2, 0.25) is 0 Å². The van der Waals surface area contributed by atoms with E-state index in [9.17, 15) is 4.79 Å². The Labute approximate surface area is 131 Å². The first-order chi connectivity index (χ1) is 10.7. The average molecular weight is 298 g/mol. The minimum atomic E-state index is 0.192. The molecule has 0 aromatic carbocycles. The number of hydrogen-bond donors (Lipinski definition) is 0. The molecule has 2 aromatic rings. The van der Waals surface area contributed by atoms with Crippen molar-refractivity contribution in [3.8, 4) is 0 Å². The summed E-state index contributed by atoms with van der Waals surface area (Å²) in [6.07, 6.45) is 10.6. The van der Waals surface area contributed by atoms with Crippen LogP contribution >= 0.6 is 0 Å². The van der Waals surface area contributed by atoms with Crippen molar-refractivity contribution in [2.24, 2.45) is 5.92 Å². The van der Waals surface area contributed by atoms with Gasteiger partial charge in [-0.15, -0.1) is 0 Å². The Hall–Kier alpha value is -2.17. The molecule has 3 heterocycles. The topological polar surface area (TPSA) is 51.0 Å². The van der Waals surface area contributed by atoms with Gasteiger partial charge in [0.25, 0.3) is 0 Å². The van der Waals surface area contributed by atoms with Crippen LogP contribution in [0, 0.1) is 12.8 Å². The third kappa shape index (κ3) is 3.53. The van der Waals surface area contributed by atoms with Crippen molar-refractivity contribution < 1.29 is 4.79 Å². The molecular formula is C17H22N4O. The summed E-state index contributed by atoms with van der Waals surface area (Å²) in [7, 11) is 0. The number of nitrogens with zero attached hydrogens (tertiary/aromatic N) is 4. The van der Waals surface area contributed by atoms with E-state index >= 15 is 0 Å². The highest BCUT2D eigenvalue weighted by Crippen LogP contribution is 2.21. The average Bonchev–Trinajstić information content (AvgIpc) is 2.94. The summed E-state index contributed by atoms with van der Waals surface area (Å²) in [6, 6.07) is 4.09.